The minimum Gasteiger partial charge on any atom is -0.318 e. The van der Waals surface area contributed by atoms with Gasteiger partial charge in [-0.25, -0.2) is 4.39 Å². The molecule has 102 valence electrons. The van der Waals surface area contributed by atoms with E-state index >= 15 is 0 Å². The first-order chi connectivity index (χ1) is 8.20. The summed E-state index contributed by atoms with van der Waals surface area (Å²) in [5.41, 5.74) is 1.05. The minimum absolute atomic E-state index is 0. The van der Waals surface area contributed by atoms with E-state index in [-0.39, 0.29) is 18.2 Å². The van der Waals surface area contributed by atoms with Gasteiger partial charge in [-0.2, -0.15) is 0 Å². The van der Waals surface area contributed by atoms with Crippen molar-refractivity contribution < 1.29 is 4.39 Å². The monoisotopic (exact) mass is 336 g/mol. The van der Waals surface area contributed by atoms with E-state index in [0.717, 1.165) is 25.2 Å². The second kappa shape index (κ2) is 7.43. The third-order valence-electron chi connectivity index (χ3n) is 3.31. The van der Waals surface area contributed by atoms with E-state index in [0.29, 0.717) is 10.5 Å². The van der Waals surface area contributed by atoms with Gasteiger partial charge in [0.05, 0.1) is 4.47 Å². The van der Waals surface area contributed by atoms with E-state index in [1.54, 1.807) is 12.1 Å². The minimum atomic E-state index is -0.174. The Labute approximate surface area is 122 Å². The van der Waals surface area contributed by atoms with Gasteiger partial charge >= 0.3 is 0 Å². The Hall–Kier alpha value is -0.160. The average Bonchev–Trinajstić information content (AvgIpc) is 2.72. The van der Waals surface area contributed by atoms with Crippen molar-refractivity contribution >= 4 is 28.3 Å². The smallest absolute Gasteiger partial charge is 0.137 e. The normalized spacial score (nSPS) is 19.8. The molecule has 5 heteroatoms. The molecule has 1 saturated heterocycles. The number of halogens is 3. The third-order valence-corrected chi connectivity index (χ3v) is 3.95. The molecule has 0 bridgehead atoms. The number of benzene rings is 1. The summed E-state index contributed by atoms with van der Waals surface area (Å²) >= 11 is 3.18. The van der Waals surface area contributed by atoms with Crippen LogP contribution in [0.4, 0.5) is 4.39 Å². The summed E-state index contributed by atoms with van der Waals surface area (Å²) in [6, 6.07) is 5.99. The van der Waals surface area contributed by atoms with Crippen molar-refractivity contribution in [1.82, 2.24) is 10.2 Å². The summed E-state index contributed by atoms with van der Waals surface area (Å²) in [4.78, 5) is 2.43. The molecule has 1 aliphatic heterocycles. The summed E-state index contributed by atoms with van der Waals surface area (Å²) in [7, 11) is 1.98. The number of likely N-dealkylation sites (N-methyl/N-ethyl adjacent to an activating group) is 1. The van der Waals surface area contributed by atoms with Crippen LogP contribution >= 0.6 is 28.3 Å². The van der Waals surface area contributed by atoms with Crippen LogP contribution in [0.25, 0.3) is 0 Å². The maximum Gasteiger partial charge on any atom is 0.137 e. The highest BCUT2D eigenvalue weighted by atomic mass is 79.9. The fourth-order valence-corrected chi connectivity index (χ4v) is 2.69. The highest BCUT2D eigenvalue weighted by molar-refractivity contribution is 9.10. The van der Waals surface area contributed by atoms with Gasteiger partial charge in [-0.05, 0) is 60.1 Å². The van der Waals surface area contributed by atoms with Crippen molar-refractivity contribution in [2.45, 2.75) is 25.4 Å². The summed E-state index contributed by atoms with van der Waals surface area (Å²) in [5, 5.41) is 3.22. The van der Waals surface area contributed by atoms with Gasteiger partial charge in [-0.15, -0.1) is 12.4 Å². The molecule has 1 aromatic carbocycles. The van der Waals surface area contributed by atoms with Crippen LogP contribution in [-0.2, 0) is 6.54 Å². The van der Waals surface area contributed by atoms with Crippen molar-refractivity contribution in [3.8, 4) is 0 Å². The Bertz CT molecular complexity index is 389. The van der Waals surface area contributed by atoms with Crippen molar-refractivity contribution in [2.75, 3.05) is 20.1 Å². The first-order valence-corrected chi connectivity index (χ1v) is 6.82. The standard InChI is InChI=1S/C13H18BrFN2.ClH/c1-16-8-11-3-2-6-17(11)9-10-4-5-12(14)13(15)7-10;/h4-5,7,11,16H,2-3,6,8-9H2,1H3;1H. The van der Waals surface area contributed by atoms with Gasteiger partial charge in [0.25, 0.3) is 0 Å². The van der Waals surface area contributed by atoms with Crippen molar-refractivity contribution in [2.24, 2.45) is 0 Å². The highest BCUT2D eigenvalue weighted by Crippen LogP contribution is 2.22. The number of likely N-dealkylation sites (tertiary alicyclic amines) is 1. The molecule has 0 saturated carbocycles. The summed E-state index contributed by atoms with van der Waals surface area (Å²) in [6.45, 7) is 2.97. The van der Waals surface area contributed by atoms with E-state index in [2.05, 4.69) is 26.1 Å². The number of hydrogen-bond donors (Lipinski definition) is 1. The maximum atomic E-state index is 13.4. The lowest BCUT2D eigenvalue weighted by atomic mass is 10.2. The zero-order valence-corrected chi connectivity index (χ0v) is 12.9. The van der Waals surface area contributed by atoms with E-state index < -0.39 is 0 Å². The lowest BCUT2D eigenvalue weighted by Gasteiger charge is -2.24. The number of hydrogen-bond acceptors (Lipinski definition) is 2. The lowest BCUT2D eigenvalue weighted by Crippen LogP contribution is -2.36. The number of rotatable bonds is 4. The zero-order valence-electron chi connectivity index (χ0n) is 10.5. The molecule has 1 fully saturated rings. The lowest BCUT2D eigenvalue weighted by molar-refractivity contribution is 0.242. The predicted octanol–water partition coefficient (Wildman–Crippen LogP) is 3.19. The molecule has 1 unspecified atom stereocenters. The topological polar surface area (TPSA) is 15.3 Å². The Balaban J connectivity index is 0.00000162. The van der Waals surface area contributed by atoms with Crippen LogP contribution in [0.3, 0.4) is 0 Å². The van der Waals surface area contributed by atoms with E-state index in [1.807, 2.05) is 13.1 Å². The third kappa shape index (κ3) is 3.92. The van der Waals surface area contributed by atoms with Crippen LogP contribution in [0.1, 0.15) is 18.4 Å². The molecule has 18 heavy (non-hydrogen) atoms. The van der Waals surface area contributed by atoms with Crippen LogP contribution in [0, 0.1) is 5.82 Å². The fraction of sp³-hybridized carbons (Fsp3) is 0.538. The molecule has 1 N–H and O–H groups in total. The SMILES string of the molecule is CNCC1CCCN1Cc1ccc(Br)c(F)c1.Cl. The number of nitrogens with zero attached hydrogens (tertiary/aromatic N) is 1. The molecule has 1 aromatic rings. The maximum absolute atomic E-state index is 13.4. The first-order valence-electron chi connectivity index (χ1n) is 6.03. The molecule has 0 aliphatic carbocycles. The Morgan fingerprint density at radius 2 is 2.28 bits per heavy atom. The van der Waals surface area contributed by atoms with E-state index in [9.17, 15) is 4.39 Å². The zero-order chi connectivity index (χ0) is 12.3. The molecule has 2 nitrogen and oxygen atoms in total. The first kappa shape index (κ1) is 15.9. The van der Waals surface area contributed by atoms with Crippen LogP contribution in [-0.4, -0.2) is 31.1 Å². The molecule has 2 rings (SSSR count). The van der Waals surface area contributed by atoms with Crippen LogP contribution in [0.2, 0.25) is 0 Å². The predicted molar refractivity (Wildman–Crippen MR) is 78.7 cm³/mol. The fourth-order valence-electron chi connectivity index (χ4n) is 2.44. The Kier molecular flexibility index (Phi) is 6.57. The second-order valence-electron chi connectivity index (χ2n) is 4.57. The molecule has 0 radical (unpaired) electrons. The van der Waals surface area contributed by atoms with Crippen LogP contribution in [0.15, 0.2) is 22.7 Å². The summed E-state index contributed by atoms with van der Waals surface area (Å²) in [5.74, 6) is -0.174. The Morgan fingerprint density at radius 3 is 2.94 bits per heavy atom. The van der Waals surface area contributed by atoms with Gasteiger partial charge in [-0.3, -0.25) is 4.90 Å². The highest BCUT2D eigenvalue weighted by Gasteiger charge is 2.23. The quantitative estimate of drug-likeness (QED) is 0.908. The summed E-state index contributed by atoms with van der Waals surface area (Å²) in [6.07, 6.45) is 2.48. The van der Waals surface area contributed by atoms with Gasteiger partial charge in [0.1, 0.15) is 5.82 Å². The van der Waals surface area contributed by atoms with Gasteiger partial charge in [0.2, 0.25) is 0 Å². The van der Waals surface area contributed by atoms with Gasteiger partial charge < -0.3 is 5.32 Å². The van der Waals surface area contributed by atoms with Crippen molar-refractivity contribution in [3.63, 3.8) is 0 Å². The molecular weight excluding hydrogens is 319 g/mol. The molecule has 0 aromatic heterocycles. The largest absolute Gasteiger partial charge is 0.318 e. The molecule has 0 spiro atoms. The molecule has 0 amide bonds. The average molecular weight is 338 g/mol. The van der Waals surface area contributed by atoms with Crippen molar-refractivity contribution in [1.29, 1.82) is 0 Å². The molecule has 1 heterocycles. The Morgan fingerprint density at radius 1 is 1.50 bits per heavy atom. The summed E-state index contributed by atoms with van der Waals surface area (Å²) < 4.78 is 14.0. The van der Waals surface area contributed by atoms with Gasteiger partial charge in [-0.1, -0.05) is 6.07 Å². The van der Waals surface area contributed by atoms with Crippen LogP contribution in [0.5, 0.6) is 0 Å². The second-order valence-corrected chi connectivity index (χ2v) is 5.43. The molecule has 1 aliphatic rings. The molecular formula is C13H19BrClFN2. The van der Waals surface area contributed by atoms with Gasteiger partial charge in [0, 0.05) is 19.1 Å². The molecule has 1 atom stereocenters. The number of nitrogens with one attached hydrogen (secondary N) is 1. The van der Waals surface area contributed by atoms with Gasteiger partial charge in [0.15, 0.2) is 0 Å². The van der Waals surface area contributed by atoms with E-state index in [4.69, 9.17) is 0 Å². The van der Waals surface area contributed by atoms with Crippen molar-refractivity contribution in [3.05, 3.63) is 34.1 Å². The van der Waals surface area contributed by atoms with E-state index in [1.165, 1.54) is 12.8 Å². The van der Waals surface area contributed by atoms with Crippen LogP contribution < -0.4 is 5.32 Å².